The third-order valence-electron chi connectivity index (χ3n) is 2.92. The van der Waals surface area contributed by atoms with Gasteiger partial charge in [0.05, 0.1) is 6.54 Å². The minimum atomic E-state index is 0. The van der Waals surface area contributed by atoms with E-state index in [-0.39, 0.29) is 24.0 Å². The Kier molecular flexibility index (Phi) is 8.91. The lowest BCUT2D eigenvalue weighted by Crippen LogP contribution is -2.38. The van der Waals surface area contributed by atoms with Crippen molar-refractivity contribution in [3.63, 3.8) is 0 Å². The molecule has 4 nitrogen and oxygen atoms in total. The van der Waals surface area contributed by atoms with Crippen molar-refractivity contribution in [2.24, 2.45) is 4.99 Å². The minimum absolute atomic E-state index is 0. The van der Waals surface area contributed by atoms with E-state index in [0.29, 0.717) is 13.2 Å². The maximum Gasteiger partial charge on any atom is 0.191 e. The Balaban J connectivity index is 0.00000242. The van der Waals surface area contributed by atoms with Crippen LogP contribution in [0.1, 0.15) is 11.1 Å². The second-order valence-electron chi connectivity index (χ2n) is 4.65. The number of thiophene rings is 1. The van der Waals surface area contributed by atoms with E-state index in [1.165, 1.54) is 11.1 Å². The molecule has 6 heteroatoms. The number of halogens is 1. The Hall–Kier alpha value is -1.28. The van der Waals surface area contributed by atoms with E-state index in [4.69, 9.17) is 4.74 Å². The van der Waals surface area contributed by atoms with E-state index >= 15 is 0 Å². The SMILES string of the molecule is CN=C(NCCOc1cccc(C)c1)NCc1ccsc1.I. The van der Waals surface area contributed by atoms with Crippen LogP contribution in [0.4, 0.5) is 0 Å². The van der Waals surface area contributed by atoms with Crippen LogP contribution < -0.4 is 15.4 Å². The molecule has 1 aromatic carbocycles. The van der Waals surface area contributed by atoms with Gasteiger partial charge in [0, 0.05) is 13.6 Å². The van der Waals surface area contributed by atoms with Gasteiger partial charge in [-0.1, -0.05) is 12.1 Å². The van der Waals surface area contributed by atoms with Gasteiger partial charge in [-0.15, -0.1) is 24.0 Å². The number of rotatable bonds is 6. The first kappa shape index (κ1) is 18.8. The lowest BCUT2D eigenvalue weighted by Gasteiger charge is -2.12. The largest absolute Gasteiger partial charge is 0.492 e. The van der Waals surface area contributed by atoms with Gasteiger partial charge in [-0.25, -0.2) is 0 Å². The summed E-state index contributed by atoms with van der Waals surface area (Å²) >= 11 is 1.70. The van der Waals surface area contributed by atoms with Gasteiger partial charge in [0.2, 0.25) is 0 Å². The van der Waals surface area contributed by atoms with Gasteiger partial charge in [-0.3, -0.25) is 4.99 Å². The molecule has 0 bridgehead atoms. The van der Waals surface area contributed by atoms with Crippen molar-refractivity contribution >= 4 is 41.3 Å². The molecule has 0 unspecified atom stereocenters. The van der Waals surface area contributed by atoms with Crippen LogP contribution >= 0.6 is 35.3 Å². The molecule has 1 aromatic heterocycles. The van der Waals surface area contributed by atoms with Gasteiger partial charge in [-0.2, -0.15) is 11.3 Å². The Bertz CT molecular complexity index is 573. The molecule has 0 saturated heterocycles. The van der Waals surface area contributed by atoms with E-state index in [1.807, 2.05) is 18.2 Å². The Morgan fingerprint density at radius 1 is 1.27 bits per heavy atom. The summed E-state index contributed by atoms with van der Waals surface area (Å²) < 4.78 is 5.69. The molecule has 0 atom stereocenters. The highest BCUT2D eigenvalue weighted by atomic mass is 127. The summed E-state index contributed by atoms with van der Waals surface area (Å²) in [7, 11) is 1.77. The number of nitrogens with zero attached hydrogens (tertiary/aromatic N) is 1. The van der Waals surface area contributed by atoms with Gasteiger partial charge >= 0.3 is 0 Å². The van der Waals surface area contributed by atoms with Crippen LogP contribution in [0.25, 0.3) is 0 Å². The van der Waals surface area contributed by atoms with Crippen molar-refractivity contribution < 1.29 is 4.74 Å². The zero-order valence-corrected chi connectivity index (χ0v) is 16.0. The maximum atomic E-state index is 5.69. The van der Waals surface area contributed by atoms with Crippen LogP contribution in [-0.2, 0) is 6.54 Å². The van der Waals surface area contributed by atoms with Crippen molar-refractivity contribution in [2.45, 2.75) is 13.5 Å². The summed E-state index contributed by atoms with van der Waals surface area (Å²) in [6.07, 6.45) is 0. The van der Waals surface area contributed by atoms with Gasteiger partial charge in [0.25, 0.3) is 0 Å². The van der Waals surface area contributed by atoms with E-state index in [1.54, 1.807) is 18.4 Å². The first-order valence-corrected chi connectivity index (χ1v) is 7.87. The van der Waals surface area contributed by atoms with Crippen LogP contribution in [-0.4, -0.2) is 26.2 Å². The van der Waals surface area contributed by atoms with Gasteiger partial charge < -0.3 is 15.4 Å². The number of hydrogen-bond acceptors (Lipinski definition) is 3. The summed E-state index contributed by atoms with van der Waals surface area (Å²) in [6.45, 7) is 4.14. The average Bonchev–Trinajstić information content (AvgIpc) is 3.00. The van der Waals surface area contributed by atoms with E-state index in [9.17, 15) is 0 Å². The molecule has 2 aromatic rings. The molecule has 0 amide bonds. The van der Waals surface area contributed by atoms with Crippen molar-refractivity contribution in [1.29, 1.82) is 0 Å². The van der Waals surface area contributed by atoms with Crippen molar-refractivity contribution in [1.82, 2.24) is 10.6 Å². The van der Waals surface area contributed by atoms with E-state index in [0.717, 1.165) is 18.3 Å². The number of aryl methyl sites for hydroxylation is 1. The maximum absolute atomic E-state index is 5.69. The molecule has 22 heavy (non-hydrogen) atoms. The monoisotopic (exact) mass is 431 g/mol. The molecule has 120 valence electrons. The second kappa shape index (κ2) is 10.4. The molecular weight excluding hydrogens is 409 g/mol. The first-order valence-electron chi connectivity index (χ1n) is 6.93. The van der Waals surface area contributed by atoms with Crippen LogP contribution in [0.2, 0.25) is 0 Å². The van der Waals surface area contributed by atoms with Crippen molar-refractivity contribution in [2.75, 3.05) is 20.2 Å². The van der Waals surface area contributed by atoms with Crippen molar-refractivity contribution in [3.05, 3.63) is 52.2 Å². The zero-order valence-electron chi connectivity index (χ0n) is 12.8. The topological polar surface area (TPSA) is 45.7 Å². The highest BCUT2D eigenvalue weighted by Gasteiger charge is 1.99. The Morgan fingerprint density at radius 3 is 2.82 bits per heavy atom. The van der Waals surface area contributed by atoms with E-state index < -0.39 is 0 Å². The number of benzene rings is 1. The molecule has 2 rings (SSSR count). The fraction of sp³-hybridized carbons (Fsp3) is 0.312. The smallest absolute Gasteiger partial charge is 0.191 e. The quantitative estimate of drug-likeness (QED) is 0.319. The standard InChI is InChI=1S/C16H21N3OS.HI/c1-13-4-3-5-15(10-13)20-8-7-18-16(17-2)19-11-14-6-9-21-12-14;/h3-6,9-10,12H,7-8,11H2,1-2H3,(H2,17,18,19);1H. The number of aliphatic imine (C=N–C) groups is 1. The fourth-order valence-electron chi connectivity index (χ4n) is 1.84. The molecule has 0 aliphatic heterocycles. The number of ether oxygens (including phenoxy) is 1. The molecule has 0 saturated carbocycles. The Morgan fingerprint density at radius 2 is 2.14 bits per heavy atom. The first-order chi connectivity index (χ1) is 10.3. The minimum Gasteiger partial charge on any atom is -0.492 e. The van der Waals surface area contributed by atoms with Gasteiger partial charge in [-0.05, 0) is 47.0 Å². The van der Waals surface area contributed by atoms with Crippen LogP contribution in [0.3, 0.4) is 0 Å². The summed E-state index contributed by atoms with van der Waals surface area (Å²) in [6, 6.07) is 10.2. The summed E-state index contributed by atoms with van der Waals surface area (Å²) in [5, 5.41) is 10.7. The van der Waals surface area contributed by atoms with Crippen LogP contribution in [0.5, 0.6) is 5.75 Å². The molecule has 0 aliphatic rings. The van der Waals surface area contributed by atoms with E-state index in [2.05, 4.69) is 45.4 Å². The third-order valence-corrected chi connectivity index (χ3v) is 3.65. The summed E-state index contributed by atoms with van der Waals surface area (Å²) in [5.41, 5.74) is 2.47. The number of guanidine groups is 1. The molecule has 0 aliphatic carbocycles. The van der Waals surface area contributed by atoms with Crippen LogP contribution in [0.15, 0.2) is 46.1 Å². The van der Waals surface area contributed by atoms with Crippen molar-refractivity contribution in [3.8, 4) is 5.75 Å². The average molecular weight is 431 g/mol. The molecule has 0 radical (unpaired) electrons. The second-order valence-corrected chi connectivity index (χ2v) is 5.43. The van der Waals surface area contributed by atoms with Gasteiger partial charge in [0.15, 0.2) is 5.96 Å². The predicted octanol–water partition coefficient (Wildman–Crippen LogP) is 3.42. The molecule has 2 N–H and O–H groups in total. The zero-order chi connectivity index (χ0) is 14.9. The molecular formula is C16H22IN3OS. The Labute approximate surface area is 153 Å². The highest BCUT2D eigenvalue weighted by molar-refractivity contribution is 14.0. The molecule has 0 fully saturated rings. The predicted molar refractivity (Wildman–Crippen MR) is 105 cm³/mol. The molecule has 0 spiro atoms. The fourth-order valence-corrected chi connectivity index (χ4v) is 2.51. The summed E-state index contributed by atoms with van der Waals surface area (Å²) in [4.78, 5) is 4.19. The number of nitrogens with one attached hydrogen (secondary N) is 2. The summed E-state index contributed by atoms with van der Waals surface area (Å²) in [5.74, 6) is 1.69. The lowest BCUT2D eigenvalue weighted by molar-refractivity contribution is 0.321. The number of hydrogen-bond donors (Lipinski definition) is 2. The third kappa shape index (κ3) is 6.65. The normalized spacial score (nSPS) is 10.7. The highest BCUT2D eigenvalue weighted by Crippen LogP contribution is 2.11. The van der Waals surface area contributed by atoms with Gasteiger partial charge in [0.1, 0.15) is 12.4 Å². The molecule has 1 heterocycles. The van der Waals surface area contributed by atoms with Crippen LogP contribution in [0, 0.1) is 6.92 Å². The lowest BCUT2D eigenvalue weighted by atomic mass is 10.2.